The Kier molecular flexibility index (Phi) is 4.24. The Balaban J connectivity index is 2.73. The van der Waals surface area contributed by atoms with Gasteiger partial charge in [-0.05, 0) is 25.0 Å². The predicted octanol–water partition coefficient (Wildman–Crippen LogP) is 3.97. The third kappa shape index (κ3) is 3.41. The molecule has 0 aliphatic carbocycles. The van der Waals surface area contributed by atoms with E-state index in [4.69, 9.17) is 0 Å². The van der Waals surface area contributed by atoms with Crippen LogP contribution in [-0.2, 0) is 0 Å². The SMILES string of the molecule is CCCC(CC)=Nc1ccccc1. The molecule has 1 nitrogen and oxygen atoms in total. The summed E-state index contributed by atoms with van der Waals surface area (Å²) in [5, 5.41) is 0. The molecule has 1 rings (SSSR count). The summed E-state index contributed by atoms with van der Waals surface area (Å²) >= 11 is 0. The second kappa shape index (κ2) is 5.52. The highest BCUT2D eigenvalue weighted by molar-refractivity contribution is 5.86. The molecule has 0 spiro atoms. The van der Waals surface area contributed by atoms with E-state index in [0.29, 0.717) is 0 Å². The van der Waals surface area contributed by atoms with E-state index >= 15 is 0 Å². The van der Waals surface area contributed by atoms with Crippen molar-refractivity contribution in [2.45, 2.75) is 33.1 Å². The number of aliphatic imine (C=N–C) groups is 1. The molecule has 1 aromatic carbocycles. The van der Waals surface area contributed by atoms with Crippen molar-refractivity contribution in [2.24, 2.45) is 4.99 Å². The second-order valence-corrected chi connectivity index (χ2v) is 3.12. The Morgan fingerprint density at radius 2 is 1.85 bits per heavy atom. The van der Waals surface area contributed by atoms with Crippen molar-refractivity contribution < 1.29 is 0 Å². The van der Waals surface area contributed by atoms with Gasteiger partial charge in [-0.1, -0.05) is 38.5 Å². The van der Waals surface area contributed by atoms with Crippen molar-refractivity contribution in [3.63, 3.8) is 0 Å². The van der Waals surface area contributed by atoms with Crippen LogP contribution < -0.4 is 0 Å². The molecule has 0 aliphatic rings. The molecule has 0 amide bonds. The zero-order valence-electron chi connectivity index (χ0n) is 8.46. The lowest BCUT2D eigenvalue weighted by Gasteiger charge is -2.00. The summed E-state index contributed by atoms with van der Waals surface area (Å²) in [4.78, 5) is 4.58. The lowest BCUT2D eigenvalue weighted by Crippen LogP contribution is -1.93. The van der Waals surface area contributed by atoms with E-state index in [1.165, 1.54) is 12.1 Å². The van der Waals surface area contributed by atoms with E-state index in [0.717, 1.165) is 18.5 Å². The van der Waals surface area contributed by atoms with Gasteiger partial charge in [-0.25, -0.2) is 0 Å². The van der Waals surface area contributed by atoms with Crippen LogP contribution in [0.15, 0.2) is 35.3 Å². The molecule has 70 valence electrons. The lowest BCUT2D eigenvalue weighted by atomic mass is 10.2. The average Bonchev–Trinajstić information content (AvgIpc) is 2.19. The second-order valence-electron chi connectivity index (χ2n) is 3.12. The van der Waals surface area contributed by atoms with E-state index in [-0.39, 0.29) is 0 Å². The molecule has 0 unspecified atom stereocenters. The van der Waals surface area contributed by atoms with Gasteiger partial charge in [0.25, 0.3) is 0 Å². The summed E-state index contributed by atoms with van der Waals surface area (Å²) in [5.74, 6) is 0. The van der Waals surface area contributed by atoms with Gasteiger partial charge in [0.1, 0.15) is 0 Å². The average molecular weight is 175 g/mol. The smallest absolute Gasteiger partial charge is 0.0629 e. The third-order valence-corrected chi connectivity index (χ3v) is 1.99. The van der Waals surface area contributed by atoms with Gasteiger partial charge >= 0.3 is 0 Å². The van der Waals surface area contributed by atoms with E-state index in [1.54, 1.807) is 0 Å². The molecule has 0 saturated carbocycles. The molecule has 0 fully saturated rings. The number of para-hydroxylation sites is 1. The zero-order chi connectivity index (χ0) is 9.52. The Morgan fingerprint density at radius 3 is 2.38 bits per heavy atom. The maximum Gasteiger partial charge on any atom is 0.0629 e. The fraction of sp³-hybridized carbons (Fsp3) is 0.417. The predicted molar refractivity (Wildman–Crippen MR) is 58.7 cm³/mol. The topological polar surface area (TPSA) is 12.4 Å². The van der Waals surface area contributed by atoms with Gasteiger partial charge in [-0.15, -0.1) is 0 Å². The summed E-state index contributed by atoms with van der Waals surface area (Å²) in [6.07, 6.45) is 3.35. The van der Waals surface area contributed by atoms with E-state index in [1.807, 2.05) is 30.3 Å². The van der Waals surface area contributed by atoms with Crippen molar-refractivity contribution >= 4 is 11.4 Å². The minimum atomic E-state index is 1.06. The van der Waals surface area contributed by atoms with Crippen LogP contribution in [0.5, 0.6) is 0 Å². The molecular formula is C12H17N. The van der Waals surface area contributed by atoms with E-state index in [9.17, 15) is 0 Å². The molecule has 0 radical (unpaired) electrons. The van der Waals surface area contributed by atoms with Crippen LogP contribution in [0, 0.1) is 0 Å². The van der Waals surface area contributed by atoms with Crippen LogP contribution in [0.4, 0.5) is 5.69 Å². The Labute approximate surface area is 80.5 Å². The van der Waals surface area contributed by atoms with Gasteiger partial charge in [0.05, 0.1) is 5.69 Å². The molecule has 1 heteroatoms. The highest BCUT2D eigenvalue weighted by atomic mass is 14.7. The number of benzene rings is 1. The minimum Gasteiger partial charge on any atom is -0.258 e. The Morgan fingerprint density at radius 1 is 1.15 bits per heavy atom. The standard InChI is InChI=1S/C12H17N/c1-3-8-11(4-2)13-12-9-6-5-7-10-12/h5-7,9-10H,3-4,8H2,1-2H3. The van der Waals surface area contributed by atoms with Crippen LogP contribution in [0.2, 0.25) is 0 Å². The molecule has 13 heavy (non-hydrogen) atoms. The number of hydrogen-bond donors (Lipinski definition) is 0. The Bertz CT molecular complexity index is 262. The van der Waals surface area contributed by atoms with Crippen LogP contribution in [0.3, 0.4) is 0 Å². The first-order valence-corrected chi connectivity index (χ1v) is 4.98. The van der Waals surface area contributed by atoms with Gasteiger partial charge in [0.2, 0.25) is 0 Å². The number of rotatable bonds is 4. The largest absolute Gasteiger partial charge is 0.258 e. The van der Waals surface area contributed by atoms with Crippen molar-refractivity contribution in [1.82, 2.24) is 0 Å². The van der Waals surface area contributed by atoms with Crippen LogP contribution >= 0.6 is 0 Å². The molecule has 1 aromatic rings. The van der Waals surface area contributed by atoms with Crippen molar-refractivity contribution in [1.29, 1.82) is 0 Å². The van der Waals surface area contributed by atoms with Crippen LogP contribution in [-0.4, -0.2) is 5.71 Å². The van der Waals surface area contributed by atoms with Crippen molar-refractivity contribution in [2.75, 3.05) is 0 Å². The molecule has 0 bridgehead atoms. The summed E-state index contributed by atoms with van der Waals surface area (Å²) in [6, 6.07) is 10.2. The van der Waals surface area contributed by atoms with Crippen LogP contribution in [0.1, 0.15) is 33.1 Å². The molecular weight excluding hydrogens is 158 g/mol. The maximum atomic E-state index is 4.58. The summed E-state index contributed by atoms with van der Waals surface area (Å²) in [7, 11) is 0. The fourth-order valence-electron chi connectivity index (χ4n) is 1.29. The van der Waals surface area contributed by atoms with Gasteiger partial charge in [-0.2, -0.15) is 0 Å². The highest BCUT2D eigenvalue weighted by Gasteiger charge is 1.94. The van der Waals surface area contributed by atoms with Gasteiger partial charge < -0.3 is 0 Å². The third-order valence-electron chi connectivity index (χ3n) is 1.99. The van der Waals surface area contributed by atoms with Crippen molar-refractivity contribution in [3.05, 3.63) is 30.3 Å². The summed E-state index contributed by atoms with van der Waals surface area (Å²) in [6.45, 7) is 4.35. The number of nitrogens with zero attached hydrogens (tertiary/aromatic N) is 1. The lowest BCUT2D eigenvalue weighted by molar-refractivity contribution is 0.966. The summed E-state index contributed by atoms with van der Waals surface area (Å²) in [5.41, 5.74) is 2.38. The zero-order valence-corrected chi connectivity index (χ0v) is 8.46. The van der Waals surface area contributed by atoms with E-state index in [2.05, 4.69) is 18.8 Å². The number of hydrogen-bond acceptors (Lipinski definition) is 1. The normalized spacial score (nSPS) is 11.7. The van der Waals surface area contributed by atoms with Gasteiger partial charge in [-0.3, -0.25) is 4.99 Å². The molecule has 0 N–H and O–H groups in total. The molecule has 0 aliphatic heterocycles. The minimum absolute atomic E-state index is 1.06. The quantitative estimate of drug-likeness (QED) is 0.614. The highest BCUT2D eigenvalue weighted by Crippen LogP contribution is 2.12. The molecule has 0 saturated heterocycles. The Hall–Kier alpha value is -1.11. The van der Waals surface area contributed by atoms with Crippen LogP contribution in [0.25, 0.3) is 0 Å². The van der Waals surface area contributed by atoms with Gasteiger partial charge in [0, 0.05) is 5.71 Å². The fourth-order valence-corrected chi connectivity index (χ4v) is 1.29. The van der Waals surface area contributed by atoms with E-state index < -0.39 is 0 Å². The molecule has 0 atom stereocenters. The monoisotopic (exact) mass is 175 g/mol. The summed E-state index contributed by atoms with van der Waals surface area (Å²) < 4.78 is 0. The van der Waals surface area contributed by atoms with Gasteiger partial charge in [0.15, 0.2) is 0 Å². The first kappa shape index (κ1) is 9.97. The first-order valence-electron chi connectivity index (χ1n) is 4.98. The molecule has 0 aromatic heterocycles. The maximum absolute atomic E-state index is 4.58. The molecule has 0 heterocycles. The van der Waals surface area contributed by atoms with Crippen molar-refractivity contribution in [3.8, 4) is 0 Å². The first-order chi connectivity index (χ1) is 6.36.